The average molecular weight is 417 g/mol. The molecule has 0 atom stereocenters. The first kappa shape index (κ1) is 22.2. The molecule has 0 aliphatic carbocycles. The van der Waals surface area contributed by atoms with Crippen LogP contribution in [0.2, 0.25) is 0 Å². The van der Waals surface area contributed by atoms with Gasteiger partial charge in [-0.3, -0.25) is 0 Å². The van der Waals surface area contributed by atoms with Gasteiger partial charge in [0, 0.05) is 24.9 Å². The van der Waals surface area contributed by atoms with Crippen molar-refractivity contribution in [1.29, 1.82) is 0 Å². The Morgan fingerprint density at radius 3 is 2.07 bits per heavy atom. The molecule has 2 aromatic carbocycles. The van der Waals surface area contributed by atoms with Crippen molar-refractivity contribution in [3.8, 4) is 0 Å². The van der Waals surface area contributed by atoms with Crippen LogP contribution < -0.4 is 9.47 Å². The Balaban J connectivity index is 0.000000234. The van der Waals surface area contributed by atoms with Gasteiger partial charge in [-0.2, -0.15) is 0 Å². The Labute approximate surface area is 170 Å². The van der Waals surface area contributed by atoms with E-state index in [2.05, 4.69) is 15.3 Å². The second-order valence-electron chi connectivity index (χ2n) is 6.54. The minimum atomic E-state index is -4.27. The molecule has 0 bridgehead atoms. The number of benzene rings is 2. The monoisotopic (exact) mass is 416 g/mol. The highest BCUT2D eigenvalue weighted by atomic mass is 32.2. The molecule has 3 aromatic rings. The van der Waals surface area contributed by atoms with E-state index in [1.54, 1.807) is 23.1 Å². The van der Waals surface area contributed by atoms with Crippen LogP contribution in [0, 0.1) is 6.92 Å². The van der Waals surface area contributed by atoms with Gasteiger partial charge in [0.15, 0.2) is 0 Å². The first-order valence-corrected chi connectivity index (χ1v) is 10.1. The first-order chi connectivity index (χ1) is 13.6. The lowest BCUT2D eigenvalue weighted by Gasteiger charge is -2.11. The van der Waals surface area contributed by atoms with Gasteiger partial charge in [0.1, 0.15) is 10.1 Å². The maximum Gasteiger partial charge on any atom is 0.403 e. The van der Waals surface area contributed by atoms with Crippen molar-refractivity contribution in [2.45, 2.75) is 11.8 Å². The lowest BCUT2D eigenvalue weighted by atomic mass is 10.2. The van der Waals surface area contributed by atoms with Crippen molar-refractivity contribution < 1.29 is 17.5 Å². The van der Waals surface area contributed by atoms with Crippen molar-refractivity contribution in [2.75, 3.05) is 19.0 Å². The van der Waals surface area contributed by atoms with E-state index >= 15 is 0 Å². The molecule has 10 heteroatoms. The fourth-order valence-electron chi connectivity index (χ4n) is 2.25. The lowest BCUT2D eigenvalue weighted by molar-refractivity contribution is -0.659. The van der Waals surface area contributed by atoms with Crippen LogP contribution in [-0.2, 0) is 24.2 Å². The zero-order valence-corrected chi connectivity index (χ0v) is 17.8. The highest BCUT2D eigenvalue weighted by Crippen LogP contribution is 2.19. The molecule has 0 saturated carbocycles. The topological polar surface area (TPSA) is 107 Å². The summed E-state index contributed by atoms with van der Waals surface area (Å²) in [5, 5.41) is 12.5. The van der Waals surface area contributed by atoms with E-state index in [-0.39, 0.29) is 4.90 Å². The summed E-state index contributed by atoms with van der Waals surface area (Å²) in [5.41, 5.74) is 2.89. The number of azo groups is 1. The van der Waals surface area contributed by atoms with Gasteiger partial charge >= 0.3 is 5.95 Å². The van der Waals surface area contributed by atoms with Crippen molar-refractivity contribution in [3.63, 3.8) is 0 Å². The Morgan fingerprint density at radius 1 is 1.03 bits per heavy atom. The number of aromatic nitrogens is 3. The molecule has 9 nitrogen and oxygen atoms in total. The lowest BCUT2D eigenvalue weighted by Crippen LogP contribution is -2.25. The van der Waals surface area contributed by atoms with Gasteiger partial charge in [0.25, 0.3) is 0 Å². The quantitative estimate of drug-likeness (QED) is 0.369. The normalized spacial score (nSPS) is 11.2. The molecule has 0 aliphatic heterocycles. The molecule has 0 radical (unpaired) electrons. The first-order valence-electron chi connectivity index (χ1n) is 8.67. The minimum Gasteiger partial charge on any atom is -0.744 e. The van der Waals surface area contributed by atoms with E-state index in [0.29, 0.717) is 5.95 Å². The number of aryl methyl sites for hydroxylation is 3. The molecule has 0 saturated heterocycles. The smallest absolute Gasteiger partial charge is 0.403 e. The number of rotatable bonds is 4. The van der Waals surface area contributed by atoms with Crippen molar-refractivity contribution in [1.82, 2.24) is 9.78 Å². The Bertz CT molecular complexity index is 1050. The summed E-state index contributed by atoms with van der Waals surface area (Å²) in [6.07, 6.45) is 1.70. The SMILES string of the molecule is CN(C)c1ccc(N=Nc2n(C)nc[n+]2C)cc1.Cc1ccc(S(=O)(=O)[O-])cc1. The fourth-order valence-corrected chi connectivity index (χ4v) is 2.72. The third-order valence-electron chi connectivity index (χ3n) is 3.93. The third-order valence-corrected chi connectivity index (χ3v) is 4.78. The minimum absolute atomic E-state index is 0.178. The van der Waals surface area contributed by atoms with Gasteiger partial charge in [-0.15, -0.1) is 4.68 Å². The molecule has 1 heterocycles. The van der Waals surface area contributed by atoms with E-state index in [4.69, 9.17) is 0 Å². The van der Waals surface area contributed by atoms with Crippen LogP contribution in [0.5, 0.6) is 0 Å². The number of hydrogen-bond donors (Lipinski definition) is 0. The van der Waals surface area contributed by atoms with Crippen LogP contribution >= 0.6 is 0 Å². The maximum absolute atomic E-state index is 10.4. The largest absolute Gasteiger partial charge is 0.744 e. The van der Waals surface area contributed by atoms with E-state index in [1.165, 1.54) is 12.1 Å². The number of anilines is 1. The van der Waals surface area contributed by atoms with Gasteiger partial charge in [-0.05, 0) is 48.4 Å². The molecular formula is C19H24N6O3S. The Kier molecular flexibility index (Phi) is 7.18. The summed E-state index contributed by atoms with van der Waals surface area (Å²) in [6, 6.07) is 13.7. The molecule has 0 fully saturated rings. The molecule has 29 heavy (non-hydrogen) atoms. The second kappa shape index (κ2) is 9.39. The van der Waals surface area contributed by atoms with Crippen LogP contribution in [0.25, 0.3) is 0 Å². The molecule has 0 unspecified atom stereocenters. The predicted molar refractivity (Wildman–Crippen MR) is 108 cm³/mol. The van der Waals surface area contributed by atoms with Crippen molar-refractivity contribution >= 4 is 27.4 Å². The van der Waals surface area contributed by atoms with Gasteiger partial charge in [0.05, 0.1) is 24.7 Å². The third kappa shape index (κ3) is 6.47. The van der Waals surface area contributed by atoms with E-state index in [9.17, 15) is 13.0 Å². The van der Waals surface area contributed by atoms with Crippen LogP contribution in [0.1, 0.15) is 5.56 Å². The summed E-state index contributed by atoms with van der Waals surface area (Å²) < 4.78 is 34.7. The van der Waals surface area contributed by atoms with Crippen molar-refractivity contribution in [3.05, 3.63) is 60.4 Å². The Morgan fingerprint density at radius 2 is 1.62 bits per heavy atom. The highest BCUT2D eigenvalue weighted by Gasteiger charge is 2.11. The second-order valence-corrected chi connectivity index (χ2v) is 7.92. The summed E-state index contributed by atoms with van der Waals surface area (Å²) in [6.45, 7) is 1.82. The molecule has 3 rings (SSSR count). The molecule has 154 valence electrons. The van der Waals surface area contributed by atoms with Crippen molar-refractivity contribution in [2.24, 2.45) is 24.3 Å². The molecule has 0 amide bonds. The van der Waals surface area contributed by atoms with Gasteiger partial charge < -0.3 is 9.45 Å². The van der Waals surface area contributed by atoms with Gasteiger partial charge in [-0.25, -0.2) is 13.0 Å². The molecule has 0 N–H and O–H groups in total. The van der Waals surface area contributed by atoms with Crippen LogP contribution in [0.4, 0.5) is 17.3 Å². The summed E-state index contributed by atoms with van der Waals surface area (Å²) in [5.74, 6) is 0.701. The van der Waals surface area contributed by atoms with Gasteiger partial charge in [0.2, 0.25) is 6.33 Å². The van der Waals surface area contributed by atoms with Crippen LogP contribution in [0.3, 0.4) is 0 Å². The van der Waals surface area contributed by atoms with E-state index < -0.39 is 10.1 Å². The van der Waals surface area contributed by atoms with Crippen LogP contribution in [-0.4, -0.2) is 36.8 Å². The number of nitrogens with zero attached hydrogens (tertiary/aromatic N) is 6. The van der Waals surface area contributed by atoms with Gasteiger partial charge in [-0.1, -0.05) is 22.8 Å². The Hall–Kier alpha value is -3.11. The summed E-state index contributed by atoms with van der Waals surface area (Å²) >= 11 is 0. The number of hydrogen-bond acceptors (Lipinski definition) is 7. The van der Waals surface area contributed by atoms with Crippen LogP contribution in [0.15, 0.2) is 70.0 Å². The predicted octanol–water partition coefficient (Wildman–Crippen LogP) is 2.63. The molecule has 0 spiro atoms. The summed E-state index contributed by atoms with van der Waals surface area (Å²) in [7, 11) is 3.46. The highest BCUT2D eigenvalue weighted by molar-refractivity contribution is 7.85. The average Bonchev–Trinajstić information content (AvgIpc) is 2.98. The van der Waals surface area contributed by atoms with E-state index in [0.717, 1.165) is 16.9 Å². The zero-order chi connectivity index (χ0) is 21.6. The maximum atomic E-state index is 10.4. The zero-order valence-electron chi connectivity index (χ0n) is 17.0. The van der Waals surface area contributed by atoms with E-state index in [1.807, 2.05) is 68.8 Å². The molecular weight excluding hydrogens is 392 g/mol. The fraction of sp³-hybridized carbons (Fsp3) is 0.263. The molecule has 0 aliphatic rings. The summed E-state index contributed by atoms with van der Waals surface area (Å²) in [4.78, 5) is 1.87. The standard InChI is InChI=1S/C12H17N6.C7H8O3S/c1-16(2)11-7-5-10(6-8-11)14-15-12-17(3)9-13-18(12)4;1-6-2-4-7(5-3-6)11(8,9)10/h5-9H,1-4H3;2-5H,1H3,(H,8,9,10)/q+1;/p-1. The molecule has 1 aromatic heterocycles.